The van der Waals surface area contributed by atoms with Crippen molar-refractivity contribution >= 4 is 29.5 Å². The maximum absolute atomic E-state index is 12.0. The lowest BCUT2D eigenvalue weighted by Gasteiger charge is -2.18. The zero-order valence-corrected chi connectivity index (χ0v) is 14.6. The Morgan fingerprint density at radius 2 is 1.62 bits per heavy atom. The normalized spacial score (nSPS) is 16.2. The third kappa shape index (κ3) is 3.57. The Kier molecular flexibility index (Phi) is 4.29. The molecule has 3 nitrogen and oxygen atoms in total. The highest BCUT2D eigenvalue weighted by Crippen LogP contribution is 2.24. The van der Waals surface area contributed by atoms with Gasteiger partial charge < -0.3 is 4.74 Å². The monoisotopic (exact) mass is 339 g/mol. The van der Waals surface area contributed by atoms with Crippen LogP contribution in [0.25, 0.3) is 6.08 Å². The molecular formula is C20H18ClNO2. The van der Waals surface area contributed by atoms with Crippen molar-refractivity contribution in [2.45, 2.75) is 26.2 Å². The molecule has 0 fully saturated rings. The number of carbonyl (C=O) groups is 1. The standard InChI is InChI=1S/C20H18ClNO2/c1-20(2,3)15-8-4-13(5-9-15)12-17-19(23)24-18(22-17)14-6-10-16(21)11-7-14/h4-12H,1-3H3/b17-12-. The second-order valence-electron chi connectivity index (χ2n) is 6.71. The predicted molar refractivity (Wildman–Crippen MR) is 97.2 cm³/mol. The second-order valence-corrected chi connectivity index (χ2v) is 7.15. The largest absolute Gasteiger partial charge is 0.402 e. The summed E-state index contributed by atoms with van der Waals surface area (Å²) in [5.74, 6) is -0.144. The fraction of sp³-hybridized carbons (Fsp3) is 0.200. The minimum atomic E-state index is -0.445. The van der Waals surface area contributed by atoms with Gasteiger partial charge in [0.1, 0.15) is 0 Å². The molecule has 24 heavy (non-hydrogen) atoms. The molecule has 0 bridgehead atoms. The molecule has 0 radical (unpaired) electrons. The van der Waals surface area contributed by atoms with Crippen LogP contribution in [0.2, 0.25) is 5.02 Å². The first-order valence-electron chi connectivity index (χ1n) is 7.72. The van der Waals surface area contributed by atoms with Crippen molar-refractivity contribution in [2.24, 2.45) is 4.99 Å². The van der Waals surface area contributed by atoms with Crippen molar-refractivity contribution in [1.82, 2.24) is 0 Å². The Morgan fingerprint density at radius 3 is 2.21 bits per heavy atom. The first-order chi connectivity index (χ1) is 11.3. The Labute approximate surface area is 146 Å². The predicted octanol–water partition coefficient (Wildman–Crippen LogP) is 4.98. The summed E-state index contributed by atoms with van der Waals surface area (Å²) in [6.07, 6.45) is 1.73. The molecule has 0 saturated heterocycles. The van der Waals surface area contributed by atoms with Crippen LogP contribution >= 0.6 is 11.6 Å². The number of hydrogen-bond donors (Lipinski definition) is 0. The van der Waals surface area contributed by atoms with Gasteiger partial charge in [-0.1, -0.05) is 56.6 Å². The molecule has 2 aromatic carbocycles. The molecule has 0 aliphatic carbocycles. The number of benzene rings is 2. The summed E-state index contributed by atoms with van der Waals surface area (Å²) >= 11 is 5.87. The van der Waals surface area contributed by atoms with E-state index < -0.39 is 5.97 Å². The van der Waals surface area contributed by atoms with E-state index in [4.69, 9.17) is 16.3 Å². The third-order valence-electron chi connectivity index (χ3n) is 3.79. The highest BCUT2D eigenvalue weighted by atomic mass is 35.5. The maximum atomic E-state index is 12.0. The van der Waals surface area contributed by atoms with Gasteiger partial charge in [0.2, 0.25) is 5.90 Å². The SMILES string of the molecule is CC(C)(C)c1ccc(/C=C2\N=C(c3ccc(Cl)cc3)OC2=O)cc1. The lowest BCUT2D eigenvalue weighted by Crippen LogP contribution is -2.10. The number of nitrogens with zero attached hydrogens (tertiary/aromatic N) is 1. The van der Waals surface area contributed by atoms with Gasteiger partial charge in [-0.2, -0.15) is 0 Å². The molecule has 122 valence electrons. The third-order valence-corrected chi connectivity index (χ3v) is 4.04. The zero-order chi connectivity index (χ0) is 17.3. The Hall–Kier alpha value is -2.39. The highest BCUT2D eigenvalue weighted by molar-refractivity contribution is 6.30. The first kappa shape index (κ1) is 16.5. The average molecular weight is 340 g/mol. The van der Waals surface area contributed by atoms with E-state index in [0.29, 0.717) is 16.6 Å². The van der Waals surface area contributed by atoms with Gasteiger partial charge in [0.05, 0.1) is 0 Å². The van der Waals surface area contributed by atoms with Crippen LogP contribution in [0.5, 0.6) is 0 Å². The summed E-state index contributed by atoms with van der Waals surface area (Å²) in [5, 5.41) is 0.623. The molecule has 1 aliphatic rings. The first-order valence-corrected chi connectivity index (χ1v) is 8.10. The number of carbonyl (C=O) groups excluding carboxylic acids is 1. The summed E-state index contributed by atoms with van der Waals surface area (Å²) < 4.78 is 5.25. The summed E-state index contributed by atoms with van der Waals surface area (Å²) in [6, 6.07) is 15.1. The van der Waals surface area contributed by atoms with Gasteiger partial charge in [0, 0.05) is 10.6 Å². The number of ether oxygens (including phenoxy) is 1. The Balaban J connectivity index is 1.87. The zero-order valence-electron chi connectivity index (χ0n) is 13.8. The van der Waals surface area contributed by atoms with Gasteiger partial charge in [-0.3, -0.25) is 0 Å². The van der Waals surface area contributed by atoms with Crippen LogP contribution in [-0.4, -0.2) is 11.9 Å². The topological polar surface area (TPSA) is 38.7 Å². The quantitative estimate of drug-likeness (QED) is 0.571. The minimum absolute atomic E-state index is 0.0951. The number of halogens is 1. The molecule has 0 aromatic heterocycles. The van der Waals surface area contributed by atoms with Crippen molar-refractivity contribution in [3.63, 3.8) is 0 Å². The molecule has 0 amide bonds. The Morgan fingerprint density at radius 1 is 1.00 bits per heavy atom. The van der Waals surface area contributed by atoms with Gasteiger partial charge in [-0.05, 0) is 46.9 Å². The average Bonchev–Trinajstić information content (AvgIpc) is 2.89. The molecular weight excluding hydrogens is 322 g/mol. The Bertz CT molecular complexity index is 825. The van der Waals surface area contributed by atoms with Crippen LogP contribution < -0.4 is 0 Å². The summed E-state index contributed by atoms with van der Waals surface area (Å²) in [7, 11) is 0. The van der Waals surface area contributed by atoms with Gasteiger partial charge >= 0.3 is 5.97 Å². The molecule has 2 aromatic rings. The van der Waals surface area contributed by atoms with Gasteiger partial charge in [0.15, 0.2) is 5.70 Å². The van der Waals surface area contributed by atoms with Crippen molar-refractivity contribution in [3.05, 3.63) is 75.9 Å². The van der Waals surface area contributed by atoms with E-state index in [-0.39, 0.29) is 5.41 Å². The van der Waals surface area contributed by atoms with E-state index in [0.717, 1.165) is 11.1 Å². The number of hydrogen-bond acceptors (Lipinski definition) is 3. The minimum Gasteiger partial charge on any atom is -0.402 e. The van der Waals surface area contributed by atoms with Crippen molar-refractivity contribution in [1.29, 1.82) is 0 Å². The van der Waals surface area contributed by atoms with E-state index in [1.54, 1.807) is 30.3 Å². The van der Waals surface area contributed by atoms with E-state index in [2.05, 4.69) is 37.9 Å². The van der Waals surface area contributed by atoms with Crippen molar-refractivity contribution in [3.8, 4) is 0 Å². The summed E-state index contributed by atoms with van der Waals surface area (Å²) in [5.41, 5.74) is 3.26. The molecule has 0 N–H and O–H groups in total. The number of rotatable bonds is 2. The van der Waals surface area contributed by atoms with E-state index in [1.165, 1.54) is 5.56 Å². The van der Waals surface area contributed by atoms with E-state index in [9.17, 15) is 4.79 Å². The van der Waals surface area contributed by atoms with Crippen molar-refractivity contribution < 1.29 is 9.53 Å². The van der Waals surface area contributed by atoms with Crippen molar-refractivity contribution in [2.75, 3.05) is 0 Å². The van der Waals surface area contributed by atoms with Crippen LogP contribution in [0.15, 0.2) is 59.2 Å². The molecule has 1 heterocycles. The van der Waals surface area contributed by atoms with Crippen LogP contribution in [0.4, 0.5) is 0 Å². The molecule has 0 saturated carbocycles. The highest BCUT2D eigenvalue weighted by Gasteiger charge is 2.24. The van der Waals surface area contributed by atoms with E-state index >= 15 is 0 Å². The maximum Gasteiger partial charge on any atom is 0.363 e. The summed E-state index contributed by atoms with van der Waals surface area (Å²) in [4.78, 5) is 16.3. The molecule has 1 aliphatic heterocycles. The fourth-order valence-corrected chi connectivity index (χ4v) is 2.49. The summed E-state index contributed by atoms with van der Waals surface area (Å²) in [6.45, 7) is 6.49. The molecule has 0 atom stereocenters. The van der Waals surface area contributed by atoms with Gasteiger partial charge in [-0.25, -0.2) is 9.79 Å². The fourth-order valence-electron chi connectivity index (χ4n) is 2.36. The number of esters is 1. The molecule has 0 spiro atoms. The van der Waals surface area contributed by atoms with Crippen LogP contribution in [0.3, 0.4) is 0 Å². The smallest absolute Gasteiger partial charge is 0.363 e. The lowest BCUT2D eigenvalue weighted by molar-refractivity contribution is -0.129. The molecule has 3 rings (SSSR count). The van der Waals surface area contributed by atoms with Crippen LogP contribution in [-0.2, 0) is 14.9 Å². The van der Waals surface area contributed by atoms with Crippen LogP contribution in [0, 0.1) is 0 Å². The second kappa shape index (κ2) is 6.25. The van der Waals surface area contributed by atoms with Gasteiger partial charge in [0.25, 0.3) is 0 Å². The number of cyclic esters (lactones) is 1. The lowest BCUT2D eigenvalue weighted by atomic mass is 9.87. The van der Waals surface area contributed by atoms with Gasteiger partial charge in [-0.15, -0.1) is 0 Å². The molecule has 4 heteroatoms. The van der Waals surface area contributed by atoms with E-state index in [1.807, 2.05) is 12.1 Å². The molecule has 0 unspecified atom stereocenters. The number of aliphatic imine (C=N–C) groups is 1. The van der Waals surface area contributed by atoms with Crippen LogP contribution in [0.1, 0.15) is 37.5 Å².